The van der Waals surface area contributed by atoms with Crippen LogP contribution in [0.5, 0.6) is 0 Å². The van der Waals surface area contributed by atoms with Crippen LogP contribution in [0.1, 0.15) is 0 Å². The summed E-state index contributed by atoms with van der Waals surface area (Å²) >= 11 is 1.75. The average molecular weight is 486 g/mol. The molecule has 0 bridgehead atoms. The second kappa shape index (κ2) is 9.15. The van der Waals surface area contributed by atoms with Gasteiger partial charge in [0.2, 0.25) is 0 Å². The molecule has 0 aliphatic carbocycles. The molecule has 6 rings (SSSR count). The quantitative estimate of drug-likeness (QED) is 0.186. The van der Waals surface area contributed by atoms with Crippen molar-refractivity contribution < 1.29 is 16.5 Å². The molecule has 3 aromatic carbocycles. The Bertz CT molecular complexity index is 1550. The van der Waals surface area contributed by atoms with E-state index in [9.17, 15) is 0 Å². The largest absolute Gasteiger partial charge is 2.00 e. The molecule has 0 N–H and O–H groups in total. The molecule has 0 saturated carbocycles. The fraction of sp³-hybridized carbons (Fsp3) is 0. The number of para-hydroxylation sites is 1. The third-order valence-corrected chi connectivity index (χ3v) is 6.45. The Morgan fingerprint density at radius 1 is 0.667 bits per heavy atom. The molecule has 3 nitrogen and oxygen atoms in total. The number of nitrogens with zero attached hydrogens (tertiary/aromatic N) is 3. The van der Waals surface area contributed by atoms with Gasteiger partial charge >= 0.3 is 16.5 Å². The van der Waals surface area contributed by atoms with Crippen molar-refractivity contribution in [3.63, 3.8) is 0 Å². The van der Waals surface area contributed by atoms with E-state index >= 15 is 0 Å². The summed E-state index contributed by atoms with van der Waals surface area (Å²) in [6.45, 7) is 0. The van der Waals surface area contributed by atoms with Crippen LogP contribution in [0.2, 0.25) is 0 Å². The van der Waals surface area contributed by atoms with Gasteiger partial charge in [-0.3, -0.25) is 9.97 Å². The van der Waals surface area contributed by atoms with Gasteiger partial charge in [0.05, 0.1) is 10.2 Å². The van der Waals surface area contributed by atoms with Crippen molar-refractivity contribution in [1.82, 2.24) is 9.97 Å². The Morgan fingerprint density at radius 2 is 1.45 bits per heavy atom. The van der Waals surface area contributed by atoms with E-state index in [1.807, 2.05) is 66.7 Å². The van der Waals surface area contributed by atoms with Gasteiger partial charge in [-0.1, -0.05) is 71.8 Å². The number of rotatable bonds is 4. The van der Waals surface area contributed by atoms with Crippen molar-refractivity contribution in [3.05, 3.63) is 115 Å². The van der Waals surface area contributed by atoms with Crippen LogP contribution in [0.15, 0.2) is 103 Å². The van der Waals surface area contributed by atoms with Crippen LogP contribution in [0.3, 0.4) is 0 Å². The first-order valence-corrected chi connectivity index (χ1v) is 11.2. The molecule has 0 amide bonds. The molecule has 0 saturated heterocycles. The summed E-state index contributed by atoms with van der Waals surface area (Å²) < 4.78 is 2.34. The molecule has 5 heteroatoms. The summed E-state index contributed by atoms with van der Waals surface area (Å²) in [7, 11) is 0. The maximum atomic E-state index is 5.07. The monoisotopic (exact) mass is 485 g/mol. The van der Waals surface area contributed by atoms with Crippen molar-refractivity contribution in [1.29, 1.82) is 0 Å². The molecular formula is C28H17N3NiS. The number of hydrogen-bond acceptors (Lipinski definition) is 3. The van der Waals surface area contributed by atoms with E-state index in [1.54, 1.807) is 17.5 Å². The second-order valence-corrected chi connectivity index (χ2v) is 8.52. The Labute approximate surface area is 206 Å². The molecule has 0 fully saturated rings. The Balaban J connectivity index is 0.00000228. The topological polar surface area (TPSA) is 39.9 Å². The summed E-state index contributed by atoms with van der Waals surface area (Å²) in [4.78, 5) is 9.52. The summed E-state index contributed by atoms with van der Waals surface area (Å²) in [5, 5.41) is 5.99. The normalized spacial score (nSPS) is 10.8. The van der Waals surface area contributed by atoms with Gasteiger partial charge in [-0.15, -0.1) is 47.0 Å². The van der Waals surface area contributed by atoms with Crippen LogP contribution >= 0.6 is 11.3 Å². The molecule has 160 valence electrons. The van der Waals surface area contributed by atoms with Gasteiger partial charge in [0.25, 0.3) is 0 Å². The Kier molecular flexibility index (Phi) is 5.91. The van der Waals surface area contributed by atoms with Crippen molar-refractivity contribution in [2.75, 3.05) is 0 Å². The summed E-state index contributed by atoms with van der Waals surface area (Å²) in [5.74, 6) is 0. The second-order valence-electron chi connectivity index (χ2n) is 7.44. The third kappa shape index (κ3) is 4.13. The first kappa shape index (κ1) is 21.3. The zero-order chi connectivity index (χ0) is 21.3. The van der Waals surface area contributed by atoms with Gasteiger partial charge in [-0.05, 0) is 18.2 Å². The van der Waals surface area contributed by atoms with Crippen molar-refractivity contribution in [2.24, 2.45) is 0 Å². The van der Waals surface area contributed by atoms with E-state index in [-0.39, 0.29) is 16.5 Å². The predicted octanol–water partition coefficient (Wildman–Crippen LogP) is 8.31. The molecule has 6 aromatic rings. The van der Waals surface area contributed by atoms with E-state index in [1.165, 1.54) is 4.70 Å². The smallest absolute Gasteiger partial charge is 0.657 e. The molecule has 3 aromatic heterocycles. The SMILES string of the molecule is [Ni+2].[c-]1c(-c2ccccn2)cccc1-c1ccc2sc3cccc([N-]c4ccccc4)c3c2n1. The van der Waals surface area contributed by atoms with Crippen LogP contribution < -0.4 is 0 Å². The number of pyridine rings is 2. The van der Waals surface area contributed by atoms with Gasteiger partial charge < -0.3 is 5.32 Å². The molecule has 0 aliphatic heterocycles. The Hall–Kier alpha value is -3.53. The summed E-state index contributed by atoms with van der Waals surface area (Å²) in [5.41, 5.74) is 6.56. The van der Waals surface area contributed by atoms with Crippen LogP contribution in [-0.2, 0) is 16.5 Å². The Morgan fingerprint density at radius 3 is 2.27 bits per heavy atom. The van der Waals surface area contributed by atoms with Gasteiger partial charge in [-0.25, -0.2) is 0 Å². The average Bonchev–Trinajstić information content (AvgIpc) is 3.24. The van der Waals surface area contributed by atoms with E-state index in [0.29, 0.717) is 0 Å². The van der Waals surface area contributed by atoms with Crippen LogP contribution in [0, 0.1) is 6.07 Å². The molecule has 0 unspecified atom stereocenters. The molecule has 0 spiro atoms. The number of thiophene rings is 1. The fourth-order valence-corrected chi connectivity index (χ4v) is 4.91. The van der Waals surface area contributed by atoms with Gasteiger partial charge in [-0.2, -0.15) is 0 Å². The van der Waals surface area contributed by atoms with Crippen LogP contribution in [-0.4, -0.2) is 9.97 Å². The fourth-order valence-electron chi connectivity index (χ4n) is 3.84. The molecule has 0 atom stereocenters. The van der Waals surface area contributed by atoms with Crippen molar-refractivity contribution >= 4 is 43.0 Å². The number of aromatic nitrogens is 2. The van der Waals surface area contributed by atoms with Crippen molar-refractivity contribution in [2.45, 2.75) is 0 Å². The van der Waals surface area contributed by atoms with E-state index in [2.05, 4.69) is 41.4 Å². The minimum atomic E-state index is 0. The molecule has 33 heavy (non-hydrogen) atoms. The molecule has 0 radical (unpaired) electrons. The maximum Gasteiger partial charge on any atom is 2.00 e. The molecule has 0 aliphatic rings. The predicted molar refractivity (Wildman–Crippen MR) is 134 cm³/mol. The van der Waals surface area contributed by atoms with E-state index < -0.39 is 0 Å². The minimum Gasteiger partial charge on any atom is -0.657 e. The standard InChI is InChI=1S/C28H17N3S.Ni/c1-2-10-21(11-3-1)30-24-13-7-14-25-27(24)28-26(32-25)16-15-23(31-28)20-9-6-8-19(18-20)22-12-4-5-17-29-22;/h1-17H;/q-2;+2. The summed E-state index contributed by atoms with van der Waals surface area (Å²) in [6.07, 6.45) is 1.80. The van der Waals surface area contributed by atoms with Crippen LogP contribution in [0.25, 0.3) is 48.1 Å². The third-order valence-electron chi connectivity index (χ3n) is 5.34. The zero-order valence-corrected chi connectivity index (χ0v) is 19.2. The zero-order valence-electron chi connectivity index (χ0n) is 17.4. The van der Waals surface area contributed by atoms with Gasteiger partial charge in [0, 0.05) is 27.7 Å². The van der Waals surface area contributed by atoms with Crippen molar-refractivity contribution in [3.8, 4) is 22.5 Å². The minimum absolute atomic E-state index is 0. The van der Waals surface area contributed by atoms with Gasteiger partial charge in [0.15, 0.2) is 0 Å². The number of hydrogen-bond donors (Lipinski definition) is 0. The van der Waals surface area contributed by atoms with Gasteiger partial charge in [0.1, 0.15) is 0 Å². The maximum absolute atomic E-state index is 5.07. The summed E-state index contributed by atoms with van der Waals surface area (Å²) in [6, 6.07) is 36.0. The number of benzene rings is 3. The first-order valence-electron chi connectivity index (χ1n) is 10.4. The molecular weight excluding hydrogens is 469 g/mol. The number of fused-ring (bicyclic) bond motifs is 3. The van der Waals surface area contributed by atoms with Crippen LogP contribution in [0.4, 0.5) is 11.4 Å². The molecule has 3 heterocycles. The van der Waals surface area contributed by atoms with E-state index in [0.717, 1.165) is 49.5 Å². The van der Waals surface area contributed by atoms with E-state index in [4.69, 9.17) is 10.3 Å². The first-order chi connectivity index (χ1) is 15.8.